The number of benzene rings is 2. The minimum atomic E-state index is -1.26. The molecular formula is C34H46N2O13. The number of methoxy groups -OCH3 is 3. The Hall–Kier alpha value is -5.28. The van der Waals surface area contributed by atoms with Crippen LogP contribution in [0.3, 0.4) is 0 Å². The average molecular weight is 691 g/mol. The van der Waals surface area contributed by atoms with Gasteiger partial charge in [0, 0.05) is 69.1 Å². The highest BCUT2D eigenvalue weighted by Gasteiger charge is 2.21. The second-order valence-electron chi connectivity index (χ2n) is 10.6. The normalized spacial score (nSPS) is 13.1. The second kappa shape index (κ2) is 21.6. The minimum absolute atomic E-state index is 0.364. The van der Waals surface area contributed by atoms with Crippen molar-refractivity contribution in [1.82, 2.24) is 9.80 Å². The molecule has 2 aromatic carbocycles. The van der Waals surface area contributed by atoms with Crippen LogP contribution in [0.2, 0.25) is 0 Å². The molecule has 2 aromatic rings. The number of ether oxygens (including phenoxy) is 4. The molecule has 0 radical (unpaired) electrons. The fraction of sp³-hybridized carbons (Fsp3) is 0.412. The molecule has 1 saturated heterocycles. The van der Waals surface area contributed by atoms with Crippen LogP contribution in [0.15, 0.2) is 42.5 Å². The number of hydrogen-bond acceptors (Lipinski definition) is 11. The average Bonchev–Trinajstić information content (AvgIpc) is 3.06. The highest BCUT2D eigenvalue weighted by Crippen LogP contribution is 2.40. The number of carboxylic acid groups (broad SMARTS) is 4. The van der Waals surface area contributed by atoms with Gasteiger partial charge in [-0.15, -0.1) is 0 Å². The topological polar surface area (TPSA) is 213 Å². The van der Waals surface area contributed by atoms with Gasteiger partial charge in [0.1, 0.15) is 11.5 Å². The Kier molecular flexibility index (Phi) is 18.4. The van der Waals surface area contributed by atoms with Crippen molar-refractivity contribution in [2.75, 3.05) is 60.7 Å². The molecule has 15 nitrogen and oxygen atoms in total. The van der Waals surface area contributed by atoms with Crippen molar-refractivity contribution in [3.63, 3.8) is 0 Å². The molecule has 0 aromatic heterocycles. The molecular weight excluding hydrogens is 644 g/mol. The van der Waals surface area contributed by atoms with Gasteiger partial charge in [0.15, 0.2) is 11.5 Å². The summed E-state index contributed by atoms with van der Waals surface area (Å²) in [6.45, 7) is 12.4. The van der Waals surface area contributed by atoms with Gasteiger partial charge in [-0.25, -0.2) is 19.2 Å². The van der Waals surface area contributed by atoms with Crippen molar-refractivity contribution in [2.45, 2.75) is 33.7 Å². The van der Waals surface area contributed by atoms with E-state index in [-0.39, 0.29) is 0 Å². The lowest BCUT2D eigenvalue weighted by Gasteiger charge is -2.35. The highest BCUT2D eigenvalue weighted by molar-refractivity contribution is 5.90. The van der Waals surface area contributed by atoms with Gasteiger partial charge in [-0.1, -0.05) is 6.07 Å². The van der Waals surface area contributed by atoms with E-state index in [2.05, 4.69) is 15.9 Å². The summed E-state index contributed by atoms with van der Waals surface area (Å²) in [6.07, 6.45) is 3.21. The lowest BCUT2D eigenvalue weighted by Crippen LogP contribution is -2.46. The number of aliphatic carboxylic acids is 4. The van der Waals surface area contributed by atoms with Crippen molar-refractivity contribution in [3.8, 4) is 28.7 Å². The fourth-order valence-corrected chi connectivity index (χ4v) is 4.64. The SMILES string of the molecule is COc1ccc(CN2CCN(CCCOc3cc(C)c(O)c(C)c3C)CC2)c(OC)c1OC.O=C(O)/C=C/C(=O)O.O=C(O)/C=C/C(=O)O. The molecule has 0 amide bonds. The smallest absolute Gasteiger partial charge is 0.328 e. The predicted molar refractivity (Wildman–Crippen MR) is 179 cm³/mol. The summed E-state index contributed by atoms with van der Waals surface area (Å²) < 4.78 is 22.6. The van der Waals surface area contributed by atoms with Gasteiger partial charge in [-0.2, -0.15) is 0 Å². The van der Waals surface area contributed by atoms with E-state index < -0.39 is 23.9 Å². The first-order chi connectivity index (χ1) is 23.1. The molecule has 1 aliphatic rings. The van der Waals surface area contributed by atoms with Crippen LogP contribution in [0.25, 0.3) is 0 Å². The second-order valence-corrected chi connectivity index (χ2v) is 10.6. The Bertz CT molecular complexity index is 1410. The van der Waals surface area contributed by atoms with Crippen LogP contribution < -0.4 is 18.9 Å². The van der Waals surface area contributed by atoms with E-state index in [0.29, 0.717) is 48.2 Å². The number of aryl methyl sites for hydroxylation is 1. The number of carboxylic acids is 4. The van der Waals surface area contributed by atoms with Crippen LogP contribution in [0.4, 0.5) is 0 Å². The molecule has 0 unspecified atom stereocenters. The zero-order chi connectivity index (χ0) is 37.1. The van der Waals surface area contributed by atoms with Gasteiger partial charge in [0.25, 0.3) is 0 Å². The first-order valence-corrected chi connectivity index (χ1v) is 15.1. The van der Waals surface area contributed by atoms with E-state index in [1.54, 1.807) is 21.3 Å². The van der Waals surface area contributed by atoms with Crippen LogP contribution in [0.5, 0.6) is 28.7 Å². The van der Waals surface area contributed by atoms with E-state index in [9.17, 15) is 24.3 Å². The number of nitrogens with zero attached hydrogens (tertiary/aromatic N) is 2. The first-order valence-electron chi connectivity index (χ1n) is 15.1. The van der Waals surface area contributed by atoms with E-state index in [1.165, 1.54) is 0 Å². The first kappa shape index (κ1) is 41.7. The third kappa shape index (κ3) is 15.0. The van der Waals surface area contributed by atoms with Crippen molar-refractivity contribution >= 4 is 23.9 Å². The molecule has 5 N–H and O–H groups in total. The van der Waals surface area contributed by atoms with Crippen molar-refractivity contribution in [1.29, 1.82) is 0 Å². The molecule has 0 saturated carbocycles. The van der Waals surface area contributed by atoms with E-state index >= 15 is 0 Å². The molecule has 1 fully saturated rings. The summed E-state index contributed by atoms with van der Waals surface area (Å²) in [5.74, 6) is -1.73. The molecule has 0 spiro atoms. The Morgan fingerprint density at radius 2 is 1.18 bits per heavy atom. The van der Waals surface area contributed by atoms with Gasteiger partial charge in [0.05, 0.1) is 27.9 Å². The molecule has 15 heteroatoms. The standard InChI is InChI=1S/C26H38N2O5.2C4H4O4/c1-18-16-23(19(2)20(3)24(18)29)33-15-7-10-27-11-13-28(14-12-27)17-21-8-9-22(30-4)26(32-6)25(21)31-5;2*5-3(6)1-2-4(7)8/h8-9,16,29H,7,10-15,17H2,1-6H3;2*1-2H,(H,5,6)(H,7,8)/b;2*2-1+. The zero-order valence-corrected chi connectivity index (χ0v) is 28.6. The van der Waals surface area contributed by atoms with Gasteiger partial charge in [-0.05, 0) is 56.0 Å². The van der Waals surface area contributed by atoms with Gasteiger partial charge >= 0.3 is 23.9 Å². The number of phenolic OH excluding ortho intramolecular Hbond substituents is 1. The minimum Gasteiger partial charge on any atom is -0.507 e. The Balaban J connectivity index is 0.000000620. The maximum absolute atomic E-state index is 10.1. The predicted octanol–water partition coefficient (Wildman–Crippen LogP) is 3.35. The molecule has 270 valence electrons. The number of aromatic hydroxyl groups is 1. The van der Waals surface area contributed by atoms with E-state index in [4.69, 9.17) is 39.4 Å². The highest BCUT2D eigenvalue weighted by atomic mass is 16.5. The maximum atomic E-state index is 10.1. The third-order valence-corrected chi connectivity index (χ3v) is 7.27. The summed E-state index contributed by atoms with van der Waals surface area (Å²) >= 11 is 0. The molecule has 0 atom stereocenters. The Labute approximate surface area is 285 Å². The van der Waals surface area contributed by atoms with Crippen molar-refractivity contribution < 1.29 is 63.7 Å². The summed E-state index contributed by atoms with van der Waals surface area (Å²) in [5.41, 5.74) is 3.87. The molecule has 0 bridgehead atoms. The van der Waals surface area contributed by atoms with Gasteiger partial charge < -0.3 is 49.4 Å². The Morgan fingerprint density at radius 3 is 1.63 bits per heavy atom. The molecule has 3 rings (SSSR count). The summed E-state index contributed by atoms with van der Waals surface area (Å²) in [7, 11) is 4.94. The molecule has 0 aliphatic carbocycles. The third-order valence-electron chi connectivity index (χ3n) is 7.27. The molecule has 49 heavy (non-hydrogen) atoms. The summed E-state index contributed by atoms with van der Waals surface area (Å²) in [4.78, 5) is 43.2. The lowest BCUT2D eigenvalue weighted by molar-refractivity contribution is -0.134. The van der Waals surface area contributed by atoms with Crippen LogP contribution >= 0.6 is 0 Å². The van der Waals surface area contributed by atoms with E-state index in [0.717, 1.165) is 79.4 Å². The lowest BCUT2D eigenvalue weighted by atomic mass is 10.0. The molecule has 1 heterocycles. The summed E-state index contributed by atoms with van der Waals surface area (Å²) in [6, 6.07) is 5.92. The van der Waals surface area contributed by atoms with Crippen LogP contribution in [0, 0.1) is 20.8 Å². The quantitative estimate of drug-likeness (QED) is 0.142. The fourth-order valence-electron chi connectivity index (χ4n) is 4.64. The monoisotopic (exact) mass is 690 g/mol. The van der Waals surface area contributed by atoms with Gasteiger partial charge in [0.2, 0.25) is 5.75 Å². The number of hydrogen-bond donors (Lipinski definition) is 5. The number of phenols is 1. The van der Waals surface area contributed by atoms with Gasteiger partial charge in [-0.3, -0.25) is 4.90 Å². The van der Waals surface area contributed by atoms with Crippen LogP contribution in [-0.4, -0.2) is 120 Å². The molecule has 1 aliphatic heterocycles. The van der Waals surface area contributed by atoms with E-state index in [1.807, 2.05) is 32.9 Å². The number of piperazine rings is 1. The largest absolute Gasteiger partial charge is 0.507 e. The zero-order valence-electron chi connectivity index (χ0n) is 28.6. The van der Waals surface area contributed by atoms with Crippen LogP contribution in [-0.2, 0) is 25.7 Å². The number of carbonyl (C=O) groups is 4. The van der Waals surface area contributed by atoms with Crippen molar-refractivity contribution in [3.05, 3.63) is 64.8 Å². The Morgan fingerprint density at radius 1 is 0.694 bits per heavy atom. The van der Waals surface area contributed by atoms with Crippen molar-refractivity contribution in [2.24, 2.45) is 0 Å². The van der Waals surface area contributed by atoms with Crippen LogP contribution in [0.1, 0.15) is 28.7 Å². The summed E-state index contributed by atoms with van der Waals surface area (Å²) in [5, 5.41) is 41.3. The number of rotatable bonds is 14. The maximum Gasteiger partial charge on any atom is 0.328 e.